The number of hydrogen-bond acceptors (Lipinski definition) is 4. The molecular weight excluding hydrogens is 272 g/mol. The van der Waals surface area contributed by atoms with Crippen LogP contribution in [0.2, 0.25) is 0 Å². The van der Waals surface area contributed by atoms with E-state index in [1.165, 1.54) is 0 Å². The van der Waals surface area contributed by atoms with Crippen LogP contribution < -0.4 is 10.1 Å². The van der Waals surface area contributed by atoms with Crippen molar-refractivity contribution < 1.29 is 9.47 Å². The molecule has 16 heavy (non-hydrogen) atoms. The Morgan fingerprint density at radius 2 is 2.44 bits per heavy atom. The normalized spacial score (nSPS) is 25.4. The molecule has 0 spiro atoms. The predicted octanol–water partition coefficient (Wildman–Crippen LogP) is 1.60. The molecule has 1 aliphatic heterocycles. The van der Waals surface area contributed by atoms with Gasteiger partial charge in [-0.15, -0.1) is 0 Å². The number of nitrogens with zero attached hydrogens (tertiary/aromatic N) is 1. The fourth-order valence-corrected chi connectivity index (χ4v) is 1.83. The molecule has 0 radical (unpaired) electrons. The first-order valence-electron chi connectivity index (χ1n) is 5.34. The van der Waals surface area contributed by atoms with Gasteiger partial charge in [-0.1, -0.05) is 0 Å². The van der Waals surface area contributed by atoms with Gasteiger partial charge in [-0.25, -0.2) is 4.98 Å². The summed E-state index contributed by atoms with van der Waals surface area (Å²) < 4.78 is 12.2. The van der Waals surface area contributed by atoms with E-state index in [4.69, 9.17) is 9.47 Å². The van der Waals surface area contributed by atoms with Gasteiger partial charge in [0.2, 0.25) is 5.88 Å². The van der Waals surface area contributed by atoms with Crippen LogP contribution >= 0.6 is 15.9 Å². The van der Waals surface area contributed by atoms with Gasteiger partial charge >= 0.3 is 0 Å². The highest BCUT2D eigenvalue weighted by Gasteiger charge is 2.19. The molecule has 0 bridgehead atoms. The van der Waals surface area contributed by atoms with Gasteiger partial charge in [0, 0.05) is 29.8 Å². The van der Waals surface area contributed by atoms with E-state index in [1.807, 2.05) is 12.1 Å². The molecule has 0 amide bonds. The number of rotatable bonds is 3. The summed E-state index contributed by atoms with van der Waals surface area (Å²) in [5.41, 5.74) is 0. The van der Waals surface area contributed by atoms with Crippen LogP contribution in [0.25, 0.3) is 0 Å². The monoisotopic (exact) mass is 286 g/mol. The molecule has 2 atom stereocenters. The Bertz CT molecular complexity index is 331. The highest BCUT2D eigenvalue weighted by atomic mass is 79.9. The quantitative estimate of drug-likeness (QED) is 0.917. The van der Waals surface area contributed by atoms with Crippen molar-refractivity contribution >= 4 is 15.9 Å². The van der Waals surface area contributed by atoms with Gasteiger partial charge in [-0.2, -0.15) is 0 Å². The fraction of sp³-hybridized carbons (Fsp3) is 0.545. The second-order valence-electron chi connectivity index (χ2n) is 3.85. The van der Waals surface area contributed by atoms with Crippen molar-refractivity contribution in [2.75, 3.05) is 19.7 Å². The third kappa shape index (κ3) is 3.43. The number of nitrogens with one attached hydrogen (secondary N) is 1. The van der Waals surface area contributed by atoms with Crippen molar-refractivity contribution in [1.82, 2.24) is 10.3 Å². The van der Waals surface area contributed by atoms with Crippen molar-refractivity contribution in [3.63, 3.8) is 0 Å². The molecule has 2 unspecified atom stereocenters. The number of halogens is 1. The lowest BCUT2D eigenvalue weighted by Gasteiger charge is -2.28. The molecule has 1 saturated heterocycles. The summed E-state index contributed by atoms with van der Waals surface area (Å²) in [5, 5.41) is 3.30. The number of aromatic nitrogens is 1. The molecule has 1 aromatic rings. The highest BCUT2D eigenvalue weighted by molar-refractivity contribution is 9.10. The first-order chi connectivity index (χ1) is 7.74. The Hall–Kier alpha value is -0.650. The van der Waals surface area contributed by atoms with Crippen LogP contribution in [0.5, 0.6) is 5.88 Å². The maximum atomic E-state index is 5.71. The molecular formula is C11H15BrN2O2. The second-order valence-corrected chi connectivity index (χ2v) is 4.77. The molecule has 1 N–H and O–H groups in total. The van der Waals surface area contributed by atoms with E-state index in [2.05, 4.69) is 33.2 Å². The third-order valence-electron chi connectivity index (χ3n) is 2.35. The van der Waals surface area contributed by atoms with Gasteiger partial charge in [-0.05, 0) is 28.9 Å². The molecule has 88 valence electrons. The lowest BCUT2D eigenvalue weighted by molar-refractivity contribution is -0.0476. The number of hydrogen-bond donors (Lipinski definition) is 1. The van der Waals surface area contributed by atoms with Gasteiger partial charge in [-0.3, -0.25) is 0 Å². The standard InChI is InChI=1S/C11H15BrN2O2/c1-8-4-13-6-10(16-8)7-15-11-3-2-9(12)5-14-11/h2-3,5,8,10,13H,4,6-7H2,1H3. The Morgan fingerprint density at radius 3 is 3.12 bits per heavy atom. The lowest BCUT2D eigenvalue weighted by atomic mass is 10.2. The maximum absolute atomic E-state index is 5.71. The zero-order valence-electron chi connectivity index (χ0n) is 9.15. The van der Waals surface area contributed by atoms with Gasteiger partial charge in [0.15, 0.2) is 0 Å². The molecule has 4 nitrogen and oxygen atoms in total. The summed E-state index contributed by atoms with van der Waals surface area (Å²) in [5.74, 6) is 0.630. The largest absolute Gasteiger partial charge is 0.475 e. The lowest BCUT2D eigenvalue weighted by Crippen LogP contribution is -2.45. The average Bonchev–Trinajstić information content (AvgIpc) is 2.28. The van der Waals surface area contributed by atoms with Crippen molar-refractivity contribution in [3.05, 3.63) is 22.8 Å². The van der Waals surface area contributed by atoms with E-state index in [9.17, 15) is 0 Å². The minimum Gasteiger partial charge on any atom is -0.475 e. The number of ether oxygens (including phenoxy) is 2. The first-order valence-corrected chi connectivity index (χ1v) is 6.14. The second kappa shape index (κ2) is 5.61. The predicted molar refractivity (Wildman–Crippen MR) is 64.6 cm³/mol. The Kier molecular flexibility index (Phi) is 4.15. The fourth-order valence-electron chi connectivity index (χ4n) is 1.60. The molecule has 0 aromatic carbocycles. The van der Waals surface area contributed by atoms with E-state index in [1.54, 1.807) is 6.20 Å². The summed E-state index contributed by atoms with van der Waals surface area (Å²) in [7, 11) is 0. The van der Waals surface area contributed by atoms with E-state index in [0.29, 0.717) is 12.5 Å². The minimum absolute atomic E-state index is 0.106. The highest BCUT2D eigenvalue weighted by Crippen LogP contribution is 2.13. The molecule has 0 saturated carbocycles. The third-order valence-corrected chi connectivity index (χ3v) is 2.82. The Morgan fingerprint density at radius 1 is 1.56 bits per heavy atom. The van der Waals surface area contributed by atoms with Crippen molar-refractivity contribution in [2.24, 2.45) is 0 Å². The summed E-state index contributed by atoms with van der Waals surface area (Å²) >= 11 is 3.33. The smallest absolute Gasteiger partial charge is 0.213 e. The van der Waals surface area contributed by atoms with Crippen LogP contribution in [0, 0.1) is 0 Å². The Labute approximate surface area is 103 Å². The van der Waals surface area contributed by atoms with Crippen LogP contribution in [-0.2, 0) is 4.74 Å². The van der Waals surface area contributed by atoms with Crippen LogP contribution in [0.15, 0.2) is 22.8 Å². The van der Waals surface area contributed by atoms with E-state index >= 15 is 0 Å². The minimum atomic E-state index is 0.106. The van der Waals surface area contributed by atoms with Gasteiger partial charge in [0.25, 0.3) is 0 Å². The van der Waals surface area contributed by atoms with Crippen molar-refractivity contribution in [1.29, 1.82) is 0 Å². The average molecular weight is 287 g/mol. The van der Waals surface area contributed by atoms with Crippen LogP contribution in [-0.4, -0.2) is 36.9 Å². The van der Waals surface area contributed by atoms with Crippen molar-refractivity contribution in [2.45, 2.75) is 19.1 Å². The van der Waals surface area contributed by atoms with Gasteiger partial charge < -0.3 is 14.8 Å². The molecule has 1 aromatic heterocycles. The molecule has 2 rings (SSSR count). The molecule has 5 heteroatoms. The number of morpholine rings is 1. The zero-order valence-corrected chi connectivity index (χ0v) is 10.7. The summed E-state index contributed by atoms with van der Waals surface area (Å²) in [6.45, 7) is 4.33. The zero-order chi connectivity index (χ0) is 11.4. The van der Waals surface area contributed by atoms with Crippen LogP contribution in [0.4, 0.5) is 0 Å². The molecule has 2 heterocycles. The van der Waals surface area contributed by atoms with E-state index < -0.39 is 0 Å². The Balaban J connectivity index is 1.80. The van der Waals surface area contributed by atoms with E-state index in [-0.39, 0.29) is 12.2 Å². The first kappa shape index (κ1) is 11.8. The van der Waals surface area contributed by atoms with Crippen LogP contribution in [0.3, 0.4) is 0 Å². The SMILES string of the molecule is CC1CNCC(COc2ccc(Br)cn2)O1. The summed E-state index contributed by atoms with van der Waals surface area (Å²) in [6.07, 6.45) is 2.08. The van der Waals surface area contributed by atoms with Gasteiger partial charge in [0.1, 0.15) is 12.7 Å². The number of pyridine rings is 1. The van der Waals surface area contributed by atoms with Crippen LogP contribution in [0.1, 0.15) is 6.92 Å². The topological polar surface area (TPSA) is 43.4 Å². The summed E-state index contributed by atoms with van der Waals surface area (Å²) in [4.78, 5) is 4.14. The summed E-state index contributed by atoms with van der Waals surface area (Å²) in [6, 6.07) is 3.74. The maximum Gasteiger partial charge on any atom is 0.213 e. The molecule has 0 aliphatic carbocycles. The van der Waals surface area contributed by atoms with Gasteiger partial charge in [0.05, 0.1) is 6.10 Å². The van der Waals surface area contributed by atoms with Crippen molar-refractivity contribution in [3.8, 4) is 5.88 Å². The van der Waals surface area contributed by atoms with E-state index in [0.717, 1.165) is 17.6 Å². The molecule has 1 fully saturated rings. The molecule has 1 aliphatic rings.